The Morgan fingerprint density at radius 2 is 1.44 bits per heavy atom. The lowest BCUT2D eigenvalue weighted by Crippen LogP contribution is -2.39. The number of carbonyl (C=O) groups is 3. The van der Waals surface area contributed by atoms with E-state index in [1.165, 1.54) is 5.01 Å². The minimum absolute atomic E-state index is 0.0243. The Morgan fingerprint density at radius 1 is 0.812 bits per heavy atom. The van der Waals surface area contributed by atoms with Crippen molar-refractivity contribution in [1.82, 2.24) is 0 Å². The van der Waals surface area contributed by atoms with Gasteiger partial charge in [0.05, 0.1) is 11.4 Å². The Morgan fingerprint density at radius 3 is 2.09 bits per heavy atom. The number of hydrogen-bond acceptors (Lipinski definition) is 5. The van der Waals surface area contributed by atoms with Crippen molar-refractivity contribution in [3.05, 3.63) is 90.5 Å². The zero-order valence-electron chi connectivity index (χ0n) is 17.3. The van der Waals surface area contributed by atoms with E-state index in [4.69, 9.17) is 0 Å². The van der Waals surface area contributed by atoms with Gasteiger partial charge in [0.25, 0.3) is 11.8 Å². The molecule has 3 aromatic rings. The summed E-state index contributed by atoms with van der Waals surface area (Å²) in [6.07, 6.45) is 0. The van der Waals surface area contributed by atoms with Gasteiger partial charge < -0.3 is 5.32 Å². The Balaban J connectivity index is 1.56. The third kappa shape index (κ3) is 3.24. The first kappa shape index (κ1) is 19.7. The largest absolute Gasteiger partial charge is 0.321 e. The van der Waals surface area contributed by atoms with Gasteiger partial charge in [0.2, 0.25) is 5.91 Å². The molecule has 158 valence electrons. The van der Waals surface area contributed by atoms with Crippen molar-refractivity contribution in [2.45, 2.75) is 13.0 Å². The second-order valence-electron chi connectivity index (χ2n) is 7.76. The van der Waals surface area contributed by atoms with Crippen molar-refractivity contribution >= 4 is 40.5 Å². The number of amides is 3. The van der Waals surface area contributed by atoms with E-state index in [0.717, 1.165) is 10.5 Å². The molecule has 2 atom stereocenters. The van der Waals surface area contributed by atoms with E-state index < -0.39 is 29.7 Å². The van der Waals surface area contributed by atoms with Gasteiger partial charge in [-0.25, -0.2) is 4.90 Å². The van der Waals surface area contributed by atoms with Crippen molar-refractivity contribution < 1.29 is 14.4 Å². The molecule has 2 unspecified atom stereocenters. The van der Waals surface area contributed by atoms with Crippen LogP contribution in [0.5, 0.6) is 0 Å². The average molecular weight is 424 g/mol. The van der Waals surface area contributed by atoms with E-state index >= 15 is 0 Å². The summed E-state index contributed by atoms with van der Waals surface area (Å²) in [5.74, 6) is -2.36. The van der Waals surface area contributed by atoms with Crippen LogP contribution in [0.25, 0.3) is 0 Å². The van der Waals surface area contributed by atoms with Crippen LogP contribution in [0.2, 0.25) is 0 Å². The summed E-state index contributed by atoms with van der Waals surface area (Å²) in [5, 5.41) is 8.75. The number of anilines is 3. The molecule has 7 heteroatoms. The molecular formula is C25H20N4O3. The first-order chi connectivity index (χ1) is 15.5. The van der Waals surface area contributed by atoms with Crippen LogP contribution < -0.4 is 15.2 Å². The molecule has 0 bridgehead atoms. The van der Waals surface area contributed by atoms with Gasteiger partial charge in [-0.1, -0.05) is 54.1 Å². The van der Waals surface area contributed by atoms with Crippen LogP contribution >= 0.6 is 0 Å². The van der Waals surface area contributed by atoms with Crippen molar-refractivity contribution in [1.29, 1.82) is 0 Å². The Labute approximate surface area is 185 Å². The predicted octanol–water partition coefficient (Wildman–Crippen LogP) is 3.37. The van der Waals surface area contributed by atoms with Crippen molar-refractivity contribution in [3.63, 3.8) is 0 Å². The highest BCUT2D eigenvalue weighted by molar-refractivity contribution is 6.51. The molecule has 3 amide bonds. The van der Waals surface area contributed by atoms with Crippen LogP contribution in [0.3, 0.4) is 0 Å². The van der Waals surface area contributed by atoms with Gasteiger partial charge in [-0.15, -0.1) is 0 Å². The smallest absolute Gasteiger partial charge is 0.272 e. The van der Waals surface area contributed by atoms with E-state index in [9.17, 15) is 14.4 Å². The average Bonchev–Trinajstić information content (AvgIpc) is 3.32. The molecule has 0 aromatic heterocycles. The van der Waals surface area contributed by atoms with Gasteiger partial charge in [0.1, 0.15) is 17.7 Å². The number of para-hydroxylation sites is 2. The molecule has 2 aliphatic rings. The molecule has 3 aromatic carbocycles. The number of nitrogens with one attached hydrogen (secondary N) is 1. The van der Waals surface area contributed by atoms with Crippen LogP contribution in [0.15, 0.2) is 90.0 Å². The Bertz CT molecular complexity index is 1220. The first-order valence-corrected chi connectivity index (χ1v) is 10.3. The molecule has 32 heavy (non-hydrogen) atoms. The van der Waals surface area contributed by atoms with Crippen molar-refractivity contribution in [2.24, 2.45) is 11.0 Å². The second kappa shape index (κ2) is 7.77. The summed E-state index contributed by atoms with van der Waals surface area (Å²) in [7, 11) is 0. The van der Waals surface area contributed by atoms with Crippen molar-refractivity contribution in [3.8, 4) is 0 Å². The van der Waals surface area contributed by atoms with E-state index in [2.05, 4.69) is 10.4 Å². The van der Waals surface area contributed by atoms with Crippen LogP contribution in [-0.2, 0) is 14.4 Å². The van der Waals surface area contributed by atoms with Gasteiger partial charge in [-0.3, -0.25) is 19.4 Å². The zero-order chi connectivity index (χ0) is 22.2. The predicted molar refractivity (Wildman–Crippen MR) is 122 cm³/mol. The van der Waals surface area contributed by atoms with Gasteiger partial charge >= 0.3 is 0 Å². The van der Waals surface area contributed by atoms with Crippen LogP contribution in [0.4, 0.5) is 17.1 Å². The Kier molecular flexibility index (Phi) is 4.78. The SMILES string of the molecule is Cc1ccc(N2N=C(C(=O)Nc3ccccc3)C3C(=O)N(c4ccccc4)C(=O)C32)cc1. The minimum atomic E-state index is -0.993. The van der Waals surface area contributed by atoms with E-state index in [0.29, 0.717) is 17.1 Å². The molecule has 0 spiro atoms. The third-order valence-electron chi connectivity index (χ3n) is 5.63. The van der Waals surface area contributed by atoms with Gasteiger partial charge in [-0.05, 0) is 43.3 Å². The standard InChI is InChI=1S/C25H20N4O3/c1-16-12-14-19(15-13-16)29-22-20(21(27-29)23(30)26-17-8-4-2-5-9-17)24(31)28(25(22)32)18-10-6-3-7-11-18/h2-15,20,22H,1H3,(H,26,30). The fourth-order valence-electron chi connectivity index (χ4n) is 4.06. The normalized spacial score (nSPS) is 19.7. The van der Waals surface area contributed by atoms with E-state index in [1.807, 2.05) is 43.3 Å². The molecular weight excluding hydrogens is 404 g/mol. The van der Waals surface area contributed by atoms with Gasteiger partial charge in [0, 0.05) is 5.69 Å². The first-order valence-electron chi connectivity index (χ1n) is 10.3. The number of imide groups is 1. The number of carbonyl (C=O) groups excluding carboxylic acids is 3. The molecule has 0 aliphatic carbocycles. The lowest BCUT2D eigenvalue weighted by atomic mass is 9.97. The fourth-order valence-corrected chi connectivity index (χ4v) is 4.06. The molecule has 7 nitrogen and oxygen atoms in total. The summed E-state index contributed by atoms with van der Waals surface area (Å²) in [4.78, 5) is 41.1. The number of nitrogens with zero attached hydrogens (tertiary/aromatic N) is 3. The molecule has 1 saturated heterocycles. The molecule has 1 N–H and O–H groups in total. The number of hydrogen-bond donors (Lipinski definition) is 1. The topological polar surface area (TPSA) is 82.1 Å². The second-order valence-corrected chi connectivity index (χ2v) is 7.76. The summed E-state index contributed by atoms with van der Waals surface area (Å²) >= 11 is 0. The molecule has 0 saturated carbocycles. The van der Waals surface area contributed by atoms with E-state index in [-0.39, 0.29) is 5.71 Å². The summed E-state index contributed by atoms with van der Waals surface area (Å²) < 4.78 is 0. The molecule has 2 aliphatic heterocycles. The maximum Gasteiger partial charge on any atom is 0.272 e. The lowest BCUT2D eigenvalue weighted by molar-refractivity contribution is -0.122. The quantitative estimate of drug-likeness (QED) is 0.651. The van der Waals surface area contributed by atoms with Gasteiger partial charge in [-0.2, -0.15) is 5.10 Å². The van der Waals surface area contributed by atoms with E-state index in [1.54, 1.807) is 48.5 Å². The van der Waals surface area contributed by atoms with Gasteiger partial charge in [0.15, 0.2) is 0 Å². The molecule has 1 fully saturated rings. The highest BCUT2D eigenvalue weighted by Gasteiger charge is 2.58. The zero-order valence-corrected chi connectivity index (χ0v) is 17.3. The summed E-state index contributed by atoms with van der Waals surface area (Å²) in [6, 6.07) is 24.2. The third-order valence-corrected chi connectivity index (χ3v) is 5.63. The summed E-state index contributed by atoms with van der Waals surface area (Å²) in [6.45, 7) is 1.96. The molecule has 5 rings (SSSR count). The monoisotopic (exact) mass is 424 g/mol. The number of benzene rings is 3. The number of hydrazone groups is 1. The van der Waals surface area contributed by atoms with Crippen molar-refractivity contribution in [2.75, 3.05) is 15.2 Å². The minimum Gasteiger partial charge on any atom is -0.321 e. The van der Waals surface area contributed by atoms with Crippen LogP contribution in [0, 0.1) is 12.8 Å². The molecule has 2 heterocycles. The summed E-state index contributed by atoms with van der Waals surface area (Å²) in [5.41, 5.74) is 2.78. The van der Waals surface area contributed by atoms with Crippen LogP contribution in [-0.4, -0.2) is 29.5 Å². The maximum absolute atomic E-state index is 13.4. The molecule has 0 radical (unpaired) electrons. The highest BCUT2D eigenvalue weighted by atomic mass is 16.2. The Hall–Kier alpha value is -4.26. The number of aryl methyl sites for hydroxylation is 1. The van der Waals surface area contributed by atoms with Crippen LogP contribution in [0.1, 0.15) is 5.56 Å². The number of rotatable bonds is 4. The fraction of sp³-hybridized carbons (Fsp3) is 0.120. The highest BCUT2D eigenvalue weighted by Crippen LogP contribution is 2.38. The number of fused-ring (bicyclic) bond motifs is 1. The maximum atomic E-state index is 13.4. The lowest BCUT2D eigenvalue weighted by Gasteiger charge is -2.22.